The summed E-state index contributed by atoms with van der Waals surface area (Å²) in [5.41, 5.74) is 6.73. The number of ether oxygens (including phenoxy) is 1. The van der Waals surface area contributed by atoms with Gasteiger partial charge in [0.2, 0.25) is 5.91 Å². The summed E-state index contributed by atoms with van der Waals surface area (Å²) in [5.74, 6) is 0.288. The predicted molar refractivity (Wildman–Crippen MR) is 77.7 cm³/mol. The summed E-state index contributed by atoms with van der Waals surface area (Å²) in [6, 6.07) is 4.93. The Morgan fingerprint density at radius 3 is 2.65 bits per heavy atom. The first-order chi connectivity index (χ1) is 9.49. The fraction of sp³-hybridized carbons (Fsp3) is 0.429. The lowest BCUT2D eigenvalue weighted by atomic mass is 10.1. The monoisotopic (exact) mass is 279 g/mol. The minimum atomic E-state index is -0.177. The van der Waals surface area contributed by atoms with Crippen molar-refractivity contribution in [1.82, 2.24) is 10.2 Å². The van der Waals surface area contributed by atoms with Crippen molar-refractivity contribution in [3.8, 4) is 5.75 Å². The number of carbonyl (C=O) groups excluding carboxylic acids is 2. The highest BCUT2D eigenvalue weighted by atomic mass is 16.5. The van der Waals surface area contributed by atoms with Crippen molar-refractivity contribution < 1.29 is 14.3 Å². The minimum Gasteiger partial charge on any atom is -0.492 e. The molecule has 0 atom stereocenters. The van der Waals surface area contributed by atoms with Crippen molar-refractivity contribution >= 4 is 17.5 Å². The number of rotatable bonds is 6. The van der Waals surface area contributed by atoms with Crippen LogP contribution in [0.1, 0.15) is 23.7 Å². The minimum absolute atomic E-state index is 0.101. The molecule has 0 bridgehead atoms. The van der Waals surface area contributed by atoms with Crippen molar-refractivity contribution in [2.75, 3.05) is 33.0 Å². The molecule has 1 aromatic rings. The molecule has 110 valence electrons. The van der Waals surface area contributed by atoms with Gasteiger partial charge in [-0.3, -0.25) is 9.59 Å². The number of hydrogen-bond acceptors (Lipinski definition) is 4. The Labute approximate surface area is 118 Å². The molecule has 0 aliphatic rings. The van der Waals surface area contributed by atoms with E-state index in [2.05, 4.69) is 5.32 Å². The molecular formula is C14H21N3O3. The van der Waals surface area contributed by atoms with E-state index in [1.165, 1.54) is 4.90 Å². The maximum Gasteiger partial charge on any atom is 0.253 e. The van der Waals surface area contributed by atoms with E-state index in [1.54, 1.807) is 32.3 Å². The second-order valence-corrected chi connectivity index (χ2v) is 4.34. The van der Waals surface area contributed by atoms with Crippen LogP contribution in [0.5, 0.6) is 5.75 Å². The smallest absolute Gasteiger partial charge is 0.253 e. The quantitative estimate of drug-likeness (QED) is 0.757. The molecule has 1 rings (SSSR count). The predicted octanol–water partition coefficient (Wildman–Crippen LogP) is 0.876. The van der Waals surface area contributed by atoms with Crippen LogP contribution >= 0.6 is 0 Å². The normalized spacial score (nSPS) is 9.95. The third kappa shape index (κ3) is 4.15. The molecule has 0 spiro atoms. The van der Waals surface area contributed by atoms with Gasteiger partial charge in [0.05, 0.1) is 12.3 Å². The van der Waals surface area contributed by atoms with Gasteiger partial charge in [-0.2, -0.15) is 0 Å². The van der Waals surface area contributed by atoms with Gasteiger partial charge in [-0.1, -0.05) is 0 Å². The summed E-state index contributed by atoms with van der Waals surface area (Å²) in [6.45, 7) is 2.74. The largest absolute Gasteiger partial charge is 0.492 e. The number of nitrogens with two attached hydrogens (primary N) is 1. The van der Waals surface area contributed by atoms with E-state index < -0.39 is 0 Å². The zero-order chi connectivity index (χ0) is 15.1. The maximum atomic E-state index is 12.2. The van der Waals surface area contributed by atoms with Crippen molar-refractivity contribution in [3.05, 3.63) is 23.8 Å². The van der Waals surface area contributed by atoms with Gasteiger partial charge in [0.15, 0.2) is 0 Å². The molecule has 0 heterocycles. The molecule has 0 aromatic heterocycles. The molecule has 0 unspecified atom stereocenters. The number of nitrogens with one attached hydrogen (secondary N) is 1. The SMILES string of the molecule is CCOc1ccc(C(=O)N(C)CCC(=O)NC)cc1N. The second-order valence-electron chi connectivity index (χ2n) is 4.34. The molecule has 0 saturated carbocycles. The van der Waals surface area contributed by atoms with Gasteiger partial charge in [0.25, 0.3) is 5.91 Å². The van der Waals surface area contributed by atoms with Crippen LogP contribution in [0.4, 0.5) is 5.69 Å². The summed E-state index contributed by atoms with van der Waals surface area (Å²) in [7, 11) is 3.22. The summed E-state index contributed by atoms with van der Waals surface area (Å²) in [4.78, 5) is 24.8. The van der Waals surface area contributed by atoms with E-state index in [-0.39, 0.29) is 18.2 Å². The Kier molecular flexibility index (Phi) is 5.83. The second kappa shape index (κ2) is 7.37. The zero-order valence-electron chi connectivity index (χ0n) is 12.1. The third-order valence-corrected chi connectivity index (χ3v) is 2.86. The van der Waals surface area contributed by atoms with Crippen LogP contribution < -0.4 is 15.8 Å². The lowest BCUT2D eigenvalue weighted by Gasteiger charge is -2.17. The number of hydrogen-bond donors (Lipinski definition) is 2. The van der Waals surface area contributed by atoms with Gasteiger partial charge in [0, 0.05) is 32.6 Å². The number of nitrogen functional groups attached to an aromatic ring is 1. The van der Waals surface area contributed by atoms with Crippen LogP contribution in [-0.2, 0) is 4.79 Å². The van der Waals surface area contributed by atoms with Gasteiger partial charge in [-0.15, -0.1) is 0 Å². The first-order valence-electron chi connectivity index (χ1n) is 6.48. The molecule has 20 heavy (non-hydrogen) atoms. The summed E-state index contributed by atoms with van der Waals surface area (Å²) in [5, 5.41) is 2.52. The molecule has 1 aromatic carbocycles. The highest BCUT2D eigenvalue weighted by Crippen LogP contribution is 2.23. The Morgan fingerprint density at radius 1 is 1.40 bits per heavy atom. The molecule has 6 nitrogen and oxygen atoms in total. The number of amides is 2. The molecule has 2 amide bonds. The van der Waals surface area contributed by atoms with Crippen LogP contribution in [0.25, 0.3) is 0 Å². The first kappa shape index (κ1) is 15.8. The Hall–Kier alpha value is -2.24. The van der Waals surface area contributed by atoms with Gasteiger partial charge < -0.3 is 20.7 Å². The van der Waals surface area contributed by atoms with E-state index in [0.29, 0.717) is 30.2 Å². The molecular weight excluding hydrogens is 258 g/mol. The lowest BCUT2D eigenvalue weighted by molar-refractivity contribution is -0.120. The van der Waals surface area contributed by atoms with Gasteiger partial charge in [-0.05, 0) is 25.1 Å². The maximum absolute atomic E-state index is 12.2. The number of benzene rings is 1. The Morgan fingerprint density at radius 2 is 2.10 bits per heavy atom. The van der Waals surface area contributed by atoms with E-state index in [1.807, 2.05) is 6.92 Å². The Balaban J connectivity index is 2.71. The van der Waals surface area contributed by atoms with Gasteiger partial charge in [0.1, 0.15) is 5.75 Å². The van der Waals surface area contributed by atoms with Crippen LogP contribution in [0.2, 0.25) is 0 Å². The van der Waals surface area contributed by atoms with Crippen molar-refractivity contribution in [2.24, 2.45) is 0 Å². The average Bonchev–Trinajstić information content (AvgIpc) is 2.45. The first-order valence-corrected chi connectivity index (χ1v) is 6.48. The molecule has 0 radical (unpaired) electrons. The topological polar surface area (TPSA) is 84.7 Å². The van der Waals surface area contributed by atoms with Crippen LogP contribution in [0.15, 0.2) is 18.2 Å². The fourth-order valence-electron chi connectivity index (χ4n) is 1.68. The summed E-state index contributed by atoms with van der Waals surface area (Å²) >= 11 is 0. The van der Waals surface area contributed by atoms with E-state index in [4.69, 9.17) is 10.5 Å². The third-order valence-electron chi connectivity index (χ3n) is 2.86. The lowest BCUT2D eigenvalue weighted by Crippen LogP contribution is -2.31. The summed E-state index contributed by atoms with van der Waals surface area (Å²) in [6.07, 6.45) is 0.269. The molecule has 0 fully saturated rings. The van der Waals surface area contributed by atoms with Crippen LogP contribution in [0, 0.1) is 0 Å². The van der Waals surface area contributed by atoms with Crippen molar-refractivity contribution in [3.63, 3.8) is 0 Å². The van der Waals surface area contributed by atoms with E-state index in [9.17, 15) is 9.59 Å². The standard InChI is InChI=1S/C14H21N3O3/c1-4-20-12-6-5-10(9-11(12)15)14(19)17(3)8-7-13(18)16-2/h5-6,9H,4,7-8,15H2,1-3H3,(H,16,18). The van der Waals surface area contributed by atoms with Gasteiger partial charge >= 0.3 is 0 Å². The molecule has 0 aliphatic heterocycles. The molecule has 3 N–H and O–H groups in total. The van der Waals surface area contributed by atoms with E-state index >= 15 is 0 Å². The van der Waals surface area contributed by atoms with Crippen molar-refractivity contribution in [1.29, 1.82) is 0 Å². The van der Waals surface area contributed by atoms with Crippen molar-refractivity contribution in [2.45, 2.75) is 13.3 Å². The highest BCUT2D eigenvalue weighted by Gasteiger charge is 2.14. The Bertz CT molecular complexity index is 489. The van der Waals surface area contributed by atoms with Gasteiger partial charge in [-0.25, -0.2) is 0 Å². The molecule has 0 saturated heterocycles. The van der Waals surface area contributed by atoms with Crippen LogP contribution in [-0.4, -0.2) is 44.0 Å². The van der Waals surface area contributed by atoms with Crippen LogP contribution in [0.3, 0.4) is 0 Å². The summed E-state index contributed by atoms with van der Waals surface area (Å²) < 4.78 is 5.32. The molecule has 6 heteroatoms. The fourth-order valence-corrected chi connectivity index (χ4v) is 1.68. The zero-order valence-corrected chi connectivity index (χ0v) is 12.1. The average molecular weight is 279 g/mol. The van der Waals surface area contributed by atoms with E-state index in [0.717, 1.165) is 0 Å². The highest BCUT2D eigenvalue weighted by molar-refractivity contribution is 5.95. The number of nitrogens with zero attached hydrogens (tertiary/aromatic N) is 1. The number of anilines is 1. The number of carbonyl (C=O) groups is 2. The molecule has 0 aliphatic carbocycles.